The molecule has 2 aromatic rings. The van der Waals surface area contributed by atoms with Crippen molar-refractivity contribution in [3.8, 4) is 5.75 Å². The average molecular weight is 297 g/mol. The summed E-state index contributed by atoms with van der Waals surface area (Å²) in [7, 11) is 0. The summed E-state index contributed by atoms with van der Waals surface area (Å²) in [4.78, 5) is 3.09. The number of hydrogen-bond donors (Lipinski definition) is 4. The van der Waals surface area contributed by atoms with Crippen molar-refractivity contribution in [1.82, 2.24) is 4.98 Å². The van der Waals surface area contributed by atoms with Crippen molar-refractivity contribution in [2.45, 2.75) is 26.2 Å². The van der Waals surface area contributed by atoms with Gasteiger partial charge in [0.1, 0.15) is 11.6 Å². The summed E-state index contributed by atoms with van der Waals surface area (Å²) >= 11 is 0. The molecule has 0 radical (unpaired) electrons. The maximum atomic E-state index is 9.91. The van der Waals surface area contributed by atoms with Crippen LogP contribution < -0.4 is 11.5 Å². The van der Waals surface area contributed by atoms with Gasteiger partial charge in [0.15, 0.2) is 0 Å². The zero-order valence-electron chi connectivity index (χ0n) is 12.8. The van der Waals surface area contributed by atoms with Crippen LogP contribution in [0, 0.1) is 11.8 Å². The molecule has 0 unspecified atom stereocenters. The van der Waals surface area contributed by atoms with E-state index in [0.29, 0.717) is 17.1 Å². The average Bonchev–Trinajstić information content (AvgIpc) is 2.79. The van der Waals surface area contributed by atoms with Gasteiger partial charge >= 0.3 is 0 Å². The number of nitrogens with one attached hydrogen (secondary N) is 1. The van der Waals surface area contributed by atoms with Gasteiger partial charge in [0.05, 0.1) is 0 Å². The summed E-state index contributed by atoms with van der Waals surface area (Å²) in [5.41, 5.74) is 15.5. The maximum absolute atomic E-state index is 9.91. The molecule has 1 aromatic carbocycles. The predicted molar refractivity (Wildman–Crippen MR) is 91.0 cm³/mol. The lowest BCUT2D eigenvalue weighted by Gasteiger charge is -2.32. The van der Waals surface area contributed by atoms with Gasteiger partial charge in [0.2, 0.25) is 0 Å². The lowest BCUT2D eigenvalue weighted by Crippen LogP contribution is -2.22. The number of anilines is 1. The number of aromatic nitrogens is 1. The molecule has 1 aliphatic rings. The fourth-order valence-corrected chi connectivity index (χ4v) is 3.33. The van der Waals surface area contributed by atoms with Crippen molar-refractivity contribution in [1.29, 1.82) is 0 Å². The summed E-state index contributed by atoms with van der Waals surface area (Å²) < 4.78 is 0. The van der Waals surface area contributed by atoms with Gasteiger partial charge in [-0.3, -0.25) is 0 Å². The number of aromatic hydroxyl groups is 1. The molecule has 1 aromatic heterocycles. The molecule has 1 saturated carbocycles. The summed E-state index contributed by atoms with van der Waals surface area (Å²) in [5.74, 6) is 2.38. The number of rotatable bonds is 4. The monoisotopic (exact) mass is 297 g/mol. The number of H-pyrrole nitrogens is 1. The number of para-hydroxylation sites is 1. The molecule has 0 spiro atoms. The zero-order chi connectivity index (χ0) is 15.7. The van der Waals surface area contributed by atoms with Crippen LogP contribution in [0.1, 0.15) is 36.5 Å². The molecule has 22 heavy (non-hydrogen) atoms. The fraction of sp³-hybridized carbons (Fsp3) is 0.333. The third kappa shape index (κ3) is 2.82. The third-order valence-corrected chi connectivity index (χ3v) is 4.53. The van der Waals surface area contributed by atoms with Crippen molar-refractivity contribution >= 4 is 17.6 Å². The van der Waals surface area contributed by atoms with E-state index >= 15 is 0 Å². The third-order valence-electron chi connectivity index (χ3n) is 4.53. The van der Waals surface area contributed by atoms with Crippen LogP contribution in [0.15, 0.2) is 30.5 Å². The first kappa shape index (κ1) is 14.6. The van der Waals surface area contributed by atoms with Gasteiger partial charge < -0.3 is 21.6 Å². The smallest absolute Gasteiger partial charge is 0.124 e. The van der Waals surface area contributed by atoms with E-state index in [0.717, 1.165) is 23.8 Å². The van der Waals surface area contributed by atoms with Crippen LogP contribution in [0.5, 0.6) is 5.75 Å². The van der Waals surface area contributed by atoms with Crippen LogP contribution in [0.2, 0.25) is 0 Å². The molecule has 1 fully saturated rings. The quantitative estimate of drug-likeness (QED) is 0.698. The van der Waals surface area contributed by atoms with Gasteiger partial charge in [-0.1, -0.05) is 19.1 Å². The van der Waals surface area contributed by atoms with Gasteiger partial charge in [-0.2, -0.15) is 0 Å². The highest BCUT2D eigenvalue weighted by atomic mass is 16.3. The number of hydrogen-bond acceptors (Lipinski definition) is 3. The van der Waals surface area contributed by atoms with Gasteiger partial charge in [-0.25, -0.2) is 0 Å². The summed E-state index contributed by atoms with van der Waals surface area (Å²) in [5, 5.41) is 9.91. The van der Waals surface area contributed by atoms with E-state index < -0.39 is 0 Å². The highest BCUT2D eigenvalue weighted by Crippen LogP contribution is 2.37. The van der Waals surface area contributed by atoms with Gasteiger partial charge in [-0.15, -0.1) is 0 Å². The maximum Gasteiger partial charge on any atom is 0.124 e. The Morgan fingerprint density at radius 3 is 2.77 bits per heavy atom. The van der Waals surface area contributed by atoms with E-state index in [1.807, 2.05) is 18.3 Å². The molecule has 0 bridgehead atoms. The van der Waals surface area contributed by atoms with E-state index in [1.54, 1.807) is 18.2 Å². The molecule has 6 N–H and O–H groups in total. The molecule has 0 saturated heterocycles. The standard InChI is InChI=1S/C18H23N3O/c1-11-6-12(7-11)8-13-10-21-18(20)15(13)9-16(19)14-4-2-3-5-17(14)22/h2-5,9-12,21-22H,6-8,19-20H2,1H3/b16-9-. The van der Waals surface area contributed by atoms with E-state index in [9.17, 15) is 5.11 Å². The minimum Gasteiger partial charge on any atom is -0.507 e. The molecule has 1 heterocycles. The number of nitrogens with two attached hydrogens (primary N) is 2. The minimum atomic E-state index is 0.180. The van der Waals surface area contributed by atoms with Crippen LogP contribution in [0.3, 0.4) is 0 Å². The van der Waals surface area contributed by atoms with E-state index in [2.05, 4.69) is 11.9 Å². The second-order valence-electron chi connectivity index (χ2n) is 6.40. The number of phenolic OH excluding ortho intramolecular Hbond substituents is 1. The molecule has 116 valence electrons. The number of benzene rings is 1. The van der Waals surface area contributed by atoms with Crippen LogP contribution in [-0.2, 0) is 6.42 Å². The second-order valence-corrected chi connectivity index (χ2v) is 6.40. The minimum absolute atomic E-state index is 0.180. The largest absolute Gasteiger partial charge is 0.507 e. The van der Waals surface area contributed by atoms with Crippen molar-refractivity contribution in [3.63, 3.8) is 0 Å². The summed E-state index contributed by atoms with van der Waals surface area (Å²) in [6.45, 7) is 2.29. The molecule has 0 amide bonds. The van der Waals surface area contributed by atoms with Crippen molar-refractivity contribution in [2.24, 2.45) is 17.6 Å². The van der Waals surface area contributed by atoms with Crippen LogP contribution in [-0.4, -0.2) is 10.1 Å². The normalized spacial score (nSPS) is 21.6. The van der Waals surface area contributed by atoms with Gasteiger partial charge in [-0.05, 0) is 54.9 Å². The van der Waals surface area contributed by atoms with Crippen molar-refractivity contribution < 1.29 is 5.11 Å². The molecule has 4 nitrogen and oxygen atoms in total. The summed E-state index contributed by atoms with van der Waals surface area (Å²) in [6.07, 6.45) is 7.42. The Morgan fingerprint density at radius 1 is 1.36 bits per heavy atom. The Morgan fingerprint density at radius 2 is 2.09 bits per heavy atom. The lowest BCUT2D eigenvalue weighted by molar-refractivity contribution is 0.211. The molecular weight excluding hydrogens is 274 g/mol. The Labute approximate surface area is 130 Å². The highest BCUT2D eigenvalue weighted by Gasteiger charge is 2.26. The van der Waals surface area contributed by atoms with Crippen LogP contribution in [0.25, 0.3) is 11.8 Å². The Kier molecular flexibility index (Phi) is 3.84. The SMILES string of the molecule is CC1CC(Cc2c[nH]c(N)c2/C=C(\N)c2ccccc2O)C1. The second kappa shape index (κ2) is 5.79. The molecule has 0 atom stereocenters. The highest BCUT2D eigenvalue weighted by molar-refractivity contribution is 5.85. The first-order valence-electron chi connectivity index (χ1n) is 7.76. The molecule has 4 heteroatoms. The Bertz CT molecular complexity index is 696. The number of aromatic amines is 1. The van der Waals surface area contributed by atoms with Gasteiger partial charge in [0.25, 0.3) is 0 Å². The van der Waals surface area contributed by atoms with E-state index in [4.69, 9.17) is 11.5 Å². The van der Waals surface area contributed by atoms with E-state index in [-0.39, 0.29) is 5.75 Å². The summed E-state index contributed by atoms with van der Waals surface area (Å²) in [6, 6.07) is 7.07. The number of phenols is 1. The van der Waals surface area contributed by atoms with Crippen LogP contribution >= 0.6 is 0 Å². The molecular formula is C18H23N3O. The van der Waals surface area contributed by atoms with Crippen molar-refractivity contribution in [3.05, 3.63) is 47.2 Å². The fourth-order valence-electron chi connectivity index (χ4n) is 3.33. The lowest BCUT2D eigenvalue weighted by atomic mass is 9.73. The van der Waals surface area contributed by atoms with E-state index in [1.165, 1.54) is 18.4 Å². The zero-order valence-corrected chi connectivity index (χ0v) is 12.8. The van der Waals surface area contributed by atoms with Gasteiger partial charge in [0, 0.05) is 23.0 Å². The molecule has 0 aliphatic heterocycles. The van der Waals surface area contributed by atoms with Crippen LogP contribution in [0.4, 0.5) is 5.82 Å². The van der Waals surface area contributed by atoms with Crippen molar-refractivity contribution in [2.75, 3.05) is 5.73 Å². The topological polar surface area (TPSA) is 88.1 Å². The first-order valence-corrected chi connectivity index (χ1v) is 7.76. The Balaban J connectivity index is 1.86. The Hall–Kier alpha value is -2.36. The number of nitrogen functional groups attached to an aromatic ring is 1. The first-order chi connectivity index (χ1) is 10.5. The molecule has 3 rings (SSSR count). The molecule has 1 aliphatic carbocycles. The predicted octanol–water partition coefficient (Wildman–Crippen LogP) is 3.35.